The van der Waals surface area contributed by atoms with Crippen LogP contribution in [0.25, 0.3) is 11.8 Å². The van der Waals surface area contributed by atoms with Gasteiger partial charge in [-0.05, 0) is 24.6 Å². The van der Waals surface area contributed by atoms with Gasteiger partial charge in [-0.15, -0.1) is 0 Å². The van der Waals surface area contributed by atoms with Crippen LogP contribution in [0.2, 0.25) is 0 Å². The number of non-ortho nitro benzene ring substituents is 1. The van der Waals surface area contributed by atoms with Crippen LogP contribution in [0.5, 0.6) is 0 Å². The number of benzene rings is 3. The summed E-state index contributed by atoms with van der Waals surface area (Å²) in [5.41, 5.74) is 3.23. The van der Waals surface area contributed by atoms with Gasteiger partial charge in [-0.1, -0.05) is 72.0 Å². The number of ether oxygens (including phenoxy) is 1. The highest BCUT2D eigenvalue weighted by Gasteiger charge is 2.35. The minimum Gasteiger partial charge on any atom is -0.463 e. The van der Waals surface area contributed by atoms with E-state index in [0.717, 1.165) is 43.0 Å². The van der Waals surface area contributed by atoms with Crippen LogP contribution in [0.3, 0.4) is 0 Å². The SMILES string of the molecule is CCOC(=O)C1=C(c2ccccc2)N=c2s/c(=C/c3cc([N+](=O)[O-])ccc3N3CC[NH+](C)CC3)c(=O)n2[C@@H]1c1ccccc1. The van der Waals surface area contributed by atoms with E-state index in [1.165, 1.54) is 28.4 Å². The molecule has 1 fully saturated rings. The van der Waals surface area contributed by atoms with Crippen molar-refractivity contribution in [2.24, 2.45) is 4.99 Å². The molecule has 0 unspecified atom stereocenters. The number of nitrogens with one attached hydrogen (secondary N) is 1. The van der Waals surface area contributed by atoms with E-state index in [9.17, 15) is 19.7 Å². The third kappa shape index (κ3) is 5.59. The normalized spacial score (nSPS) is 17.3. The molecule has 44 heavy (non-hydrogen) atoms. The Balaban J connectivity index is 1.60. The third-order valence-corrected chi connectivity index (χ3v) is 8.94. The molecule has 3 aromatic carbocycles. The van der Waals surface area contributed by atoms with Gasteiger partial charge in [0.15, 0.2) is 4.80 Å². The summed E-state index contributed by atoms with van der Waals surface area (Å²) in [6.45, 7) is 5.38. The summed E-state index contributed by atoms with van der Waals surface area (Å²) < 4.78 is 7.43. The lowest BCUT2D eigenvalue weighted by molar-refractivity contribution is -0.880. The number of fused-ring (bicyclic) bond motifs is 1. The molecule has 3 heterocycles. The first-order valence-corrected chi connectivity index (χ1v) is 15.4. The van der Waals surface area contributed by atoms with Gasteiger partial charge in [-0.2, -0.15) is 0 Å². The van der Waals surface area contributed by atoms with Gasteiger partial charge in [0, 0.05) is 28.9 Å². The average molecular weight is 611 g/mol. The van der Waals surface area contributed by atoms with Crippen molar-refractivity contribution in [1.82, 2.24) is 4.57 Å². The van der Waals surface area contributed by atoms with Gasteiger partial charge in [0.2, 0.25) is 0 Å². The number of rotatable bonds is 7. The van der Waals surface area contributed by atoms with E-state index in [2.05, 4.69) is 11.9 Å². The van der Waals surface area contributed by atoms with E-state index in [4.69, 9.17) is 9.73 Å². The van der Waals surface area contributed by atoms with Crippen molar-refractivity contribution in [2.75, 3.05) is 44.7 Å². The Morgan fingerprint density at radius 2 is 1.77 bits per heavy atom. The van der Waals surface area contributed by atoms with Gasteiger partial charge in [0.25, 0.3) is 11.2 Å². The maximum atomic E-state index is 14.3. The van der Waals surface area contributed by atoms with Crippen molar-refractivity contribution < 1.29 is 19.4 Å². The summed E-state index contributed by atoms with van der Waals surface area (Å²) in [6, 6.07) is 22.8. The number of anilines is 1. The van der Waals surface area contributed by atoms with Crippen LogP contribution in [0.1, 0.15) is 29.7 Å². The largest absolute Gasteiger partial charge is 0.463 e. The van der Waals surface area contributed by atoms with Crippen molar-refractivity contribution in [3.05, 3.63) is 131 Å². The zero-order chi connectivity index (χ0) is 30.8. The zero-order valence-corrected chi connectivity index (χ0v) is 25.3. The Morgan fingerprint density at radius 1 is 1.09 bits per heavy atom. The second kappa shape index (κ2) is 12.4. The molecule has 2 aliphatic heterocycles. The molecule has 224 valence electrons. The number of esters is 1. The van der Waals surface area contributed by atoms with Gasteiger partial charge < -0.3 is 14.5 Å². The molecule has 10 nitrogen and oxygen atoms in total. The van der Waals surface area contributed by atoms with Crippen LogP contribution >= 0.6 is 11.3 Å². The van der Waals surface area contributed by atoms with Crippen LogP contribution in [0, 0.1) is 10.1 Å². The van der Waals surface area contributed by atoms with Crippen LogP contribution in [-0.4, -0.2) is 55.3 Å². The quantitative estimate of drug-likeness (QED) is 0.195. The summed E-state index contributed by atoms with van der Waals surface area (Å²) in [5, 5.41) is 11.7. The number of nitro benzene ring substituents is 1. The predicted octanol–water partition coefficient (Wildman–Crippen LogP) is 2.18. The molecule has 1 N–H and O–H groups in total. The van der Waals surface area contributed by atoms with Crippen molar-refractivity contribution >= 4 is 40.5 Å². The molecular formula is C33H32N5O5S+. The van der Waals surface area contributed by atoms with Gasteiger partial charge in [0.1, 0.15) is 0 Å². The monoisotopic (exact) mass is 610 g/mol. The van der Waals surface area contributed by atoms with E-state index in [-0.39, 0.29) is 23.4 Å². The molecule has 0 bridgehead atoms. The van der Waals surface area contributed by atoms with E-state index in [0.29, 0.717) is 20.6 Å². The van der Waals surface area contributed by atoms with Gasteiger partial charge in [-0.25, -0.2) is 9.79 Å². The molecule has 2 aliphatic rings. The highest BCUT2D eigenvalue weighted by atomic mass is 32.1. The molecule has 1 aromatic heterocycles. The molecule has 1 saturated heterocycles. The Hall–Kier alpha value is -4.87. The number of nitro groups is 1. The molecule has 0 aliphatic carbocycles. The smallest absolute Gasteiger partial charge is 0.338 e. The average Bonchev–Trinajstić information content (AvgIpc) is 3.35. The van der Waals surface area contributed by atoms with Crippen molar-refractivity contribution in [1.29, 1.82) is 0 Å². The zero-order valence-electron chi connectivity index (χ0n) is 24.4. The molecule has 1 atom stereocenters. The Morgan fingerprint density at radius 3 is 2.43 bits per heavy atom. The number of likely N-dealkylation sites (N-methyl/N-ethyl adjacent to an activating group) is 1. The van der Waals surface area contributed by atoms with E-state index in [1.807, 2.05) is 60.7 Å². The van der Waals surface area contributed by atoms with E-state index >= 15 is 0 Å². The summed E-state index contributed by atoms with van der Waals surface area (Å²) in [7, 11) is 2.15. The third-order valence-electron chi connectivity index (χ3n) is 7.96. The first-order chi connectivity index (χ1) is 21.4. The van der Waals surface area contributed by atoms with E-state index in [1.54, 1.807) is 23.6 Å². The molecule has 11 heteroatoms. The van der Waals surface area contributed by atoms with Crippen molar-refractivity contribution in [2.45, 2.75) is 13.0 Å². The van der Waals surface area contributed by atoms with Crippen molar-refractivity contribution in [3.63, 3.8) is 0 Å². The number of hydrogen-bond donors (Lipinski definition) is 1. The van der Waals surface area contributed by atoms with Crippen LogP contribution in [0.4, 0.5) is 11.4 Å². The fraction of sp³-hybridized carbons (Fsp3) is 0.242. The number of carbonyl (C=O) groups excluding carboxylic acids is 1. The predicted molar refractivity (Wildman–Crippen MR) is 169 cm³/mol. The topological polar surface area (TPSA) is 111 Å². The molecule has 0 spiro atoms. The Bertz CT molecular complexity index is 1930. The molecular weight excluding hydrogens is 578 g/mol. The molecule has 0 saturated carbocycles. The summed E-state index contributed by atoms with van der Waals surface area (Å²) in [4.78, 5) is 48.1. The lowest BCUT2D eigenvalue weighted by atomic mass is 9.93. The minimum atomic E-state index is -0.783. The highest BCUT2D eigenvalue weighted by molar-refractivity contribution is 7.07. The summed E-state index contributed by atoms with van der Waals surface area (Å²) in [5.74, 6) is -0.545. The Labute approximate surface area is 257 Å². The minimum absolute atomic E-state index is 0.0503. The second-order valence-corrected chi connectivity index (χ2v) is 11.8. The molecule has 6 rings (SSSR count). The number of hydrogen-bond acceptors (Lipinski definition) is 8. The number of thiazole rings is 1. The molecule has 4 aromatic rings. The number of quaternary nitrogens is 1. The maximum absolute atomic E-state index is 14.3. The molecule has 0 radical (unpaired) electrons. The van der Waals surface area contributed by atoms with Crippen LogP contribution in [0.15, 0.2) is 94.2 Å². The van der Waals surface area contributed by atoms with Gasteiger partial charge in [0.05, 0.1) is 66.6 Å². The summed E-state index contributed by atoms with van der Waals surface area (Å²) >= 11 is 1.20. The van der Waals surface area contributed by atoms with Crippen molar-refractivity contribution in [3.8, 4) is 0 Å². The number of nitrogens with zero attached hydrogens (tertiary/aromatic N) is 4. The van der Waals surface area contributed by atoms with E-state index < -0.39 is 16.9 Å². The van der Waals surface area contributed by atoms with Crippen LogP contribution in [-0.2, 0) is 9.53 Å². The highest BCUT2D eigenvalue weighted by Crippen LogP contribution is 2.35. The lowest BCUT2D eigenvalue weighted by Gasteiger charge is -2.32. The van der Waals surface area contributed by atoms with Gasteiger partial charge >= 0.3 is 5.97 Å². The Kier molecular flexibility index (Phi) is 8.23. The lowest BCUT2D eigenvalue weighted by Crippen LogP contribution is -3.12. The first-order valence-electron chi connectivity index (χ1n) is 14.5. The summed E-state index contributed by atoms with van der Waals surface area (Å²) in [6.07, 6.45) is 1.72. The standard InChI is InChI=1S/C33H31N5O5S/c1-3-43-32(40)28-29(22-10-6-4-7-11-22)34-33-37(30(28)23-12-8-5-9-13-23)31(39)27(44-33)21-24-20-25(38(41)42)14-15-26(24)36-18-16-35(2)17-19-36/h4-15,20-21,30H,3,16-19H2,1-2H3/p+1/b27-21+/t30-/m1/s1. The maximum Gasteiger partial charge on any atom is 0.338 e. The fourth-order valence-electron chi connectivity index (χ4n) is 5.72. The second-order valence-electron chi connectivity index (χ2n) is 10.8. The fourth-order valence-corrected chi connectivity index (χ4v) is 6.71. The number of carbonyl (C=O) groups is 1. The van der Waals surface area contributed by atoms with Crippen LogP contribution < -0.4 is 24.7 Å². The number of piperazine rings is 1. The van der Waals surface area contributed by atoms with Gasteiger partial charge in [-0.3, -0.25) is 19.5 Å². The molecule has 0 amide bonds. The first kappa shape index (κ1) is 29.2. The number of aromatic nitrogens is 1.